The minimum Gasteiger partial charge on any atom is -0.391 e. The van der Waals surface area contributed by atoms with Crippen LogP contribution in [-0.4, -0.2) is 34.7 Å². The molecule has 2 rings (SSSR count). The van der Waals surface area contributed by atoms with E-state index in [9.17, 15) is 14.3 Å². The van der Waals surface area contributed by atoms with E-state index < -0.39 is 17.8 Å². The topological polar surface area (TPSA) is 74.2 Å². The van der Waals surface area contributed by atoms with Gasteiger partial charge in [0.1, 0.15) is 0 Å². The average Bonchev–Trinajstić information content (AvgIpc) is 2.48. The molecule has 3 N–H and O–H groups in total. The summed E-state index contributed by atoms with van der Waals surface area (Å²) in [7, 11) is 0. The summed E-state index contributed by atoms with van der Waals surface area (Å²) < 4.78 is 14.2. The molecule has 21 heavy (non-hydrogen) atoms. The summed E-state index contributed by atoms with van der Waals surface area (Å²) in [5, 5.41) is 15.5. The lowest BCUT2D eigenvalue weighted by molar-refractivity contribution is 0.0714. The smallest absolute Gasteiger partial charge is 0.254 e. The molecular formula is C15H22FN3O2. The fourth-order valence-electron chi connectivity index (χ4n) is 2.51. The molecule has 1 aliphatic carbocycles. The molecule has 6 heteroatoms. The fraction of sp³-hybridized carbons (Fsp3) is 0.600. The van der Waals surface area contributed by atoms with Gasteiger partial charge < -0.3 is 15.7 Å². The van der Waals surface area contributed by atoms with Crippen LogP contribution in [0.1, 0.15) is 49.4 Å². The predicted octanol–water partition coefficient (Wildman–Crippen LogP) is 2.08. The first-order valence-electron chi connectivity index (χ1n) is 7.50. The zero-order chi connectivity index (χ0) is 15.2. The van der Waals surface area contributed by atoms with E-state index in [0.717, 1.165) is 25.7 Å². The van der Waals surface area contributed by atoms with Crippen LogP contribution >= 0.6 is 0 Å². The highest BCUT2D eigenvalue weighted by Gasteiger charge is 2.26. The molecule has 0 spiro atoms. The van der Waals surface area contributed by atoms with Crippen molar-refractivity contribution >= 4 is 11.7 Å². The number of nitrogens with zero attached hydrogens (tertiary/aromatic N) is 1. The standard InChI is InChI=1S/C15H22FN3O2/c1-2-8-17-14-13(16)10(7-9-18-14)15(21)19-11-5-3-4-6-12(11)20/h7,9,11-12,20H,2-6,8H2,1H3,(H,17,18)(H,19,21). The third-order valence-electron chi connectivity index (χ3n) is 3.72. The van der Waals surface area contributed by atoms with Crippen LogP contribution in [0.15, 0.2) is 12.3 Å². The molecule has 0 aliphatic heterocycles. The molecule has 2 unspecified atom stereocenters. The van der Waals surface area contributed by atoms with Crippen molar-refractivity contribution in [2.45, 2.75) is 51.2 Å². The van der Waals surface area contributed by atoms with Gasteiger partial charge in [-0.25, -0.2) is 9.37 Å². The van der Waals surface area contributed by atoms with E-state index in [1.165, 1.54) is 12.3 Å². The second-order valence-electron chi connectivity index (χ2n) is 5.38. The number of aliphatic hydroxyl groups excluding tert-OH is 1. The third-order valence-corrected chi connectivity index (χ3v) is 3.72. The molecule has 2 atom stereocenters. The predicted molar refractivity (Wildman–Crippen MR) is 78.7 cm³/mol. The normalized spacial score (nSPS) is 21.9. The number of carbonyl (C=O) groups excluding carboxylic acids is 1. The van der Waals surface area contributed by atoms with Gasteiger partial charge in [0.15, 0.2) is 11.6 Å². The maximum atomic E-state index is 14.2. The van der Waals surface area contributed by atoms with E-state index >= 15 is 0 Å². The Hall–Kier alpha value is -1.69. The van der Waals surface area contributed by atoms with Gasteiger partial charge in [-0.1, -0.05) is 19.8 Å². The van der Waals surface area contributed by atoms with Crippen molar-refractivity contribution in [3.8, 4) is 0 Å². The molecule has 0 saturated heterocycles. The highest BCUT2D eigenvalue weighted by atomic mass is 19.1. The number of aliphatic hydroxyl groups is 1. The molecule has 1 heterocycles. The highest BCUT2D eigenvalue weighted by molar-refractivity contribution is 5.95. The molecule has 1 saturated carbocycles. The van der Waals surface area contributed by atoms with Gasteiger partial charge in [-0.2, -0.15) is 0 Å². The summed E-state index contributed by atoms with van der Waals surface area (Å²) >= 11 is 0. The van der Waals surface area contributed by atoms with Gasteiger partial charge in [-0.15, -0.1) is 0 Å². The molecule has 1 fully saturated rings. The molecule has 116 valence electrons. The number of pyridine rings is 1. The lowest BCUT2D eigenvalue weighted by Gasteiger charge is -2.28. The summed E-state index contributed by atoms with van der Waals surface area (Å²) in [6.45, 7) is 2.56. The van der Waals surface area contributed by atoms with E-state index in [1.807, 2.05) is 6.92 Å². The van der Waals surface area contributed by atoms with Gasteiger partial charge >= 0.3 is 0 Å². The van der Waals surface area contributed by atoms with Crippen molar-refractivity contribution in [1.82, 2.24) is 10.3 Å². The Kier molecular flexibility index (Phi) is 5.50. The summed E-state index contributed by atoms with van der Waals surface area (Å²) in [6.07, 6.45) is 5.02. The average molecular weight is 295 g/mol. The quantitative estimate of drug-likeness (QED) is 0.777. The van der Waals surface area contributed by atoms with Crippen LogP contribution in [0, 0.1) is 5.82 Å². The molecule has 1 aromatic rings. The van der Waals surface area contributed by atoms with E-state index in [-0.39, 0.29) is 17.4 Å². The van der Waals surface area contributed by atoms with Crippen molar-refractivity contribution in [3.63, 3.8) is 0 Å². The van der Waals surface area contributed by atoms with Crippen molar-refractivity contribution in [1.29, 1.82) is 0 Å². The molecule has 0 bridgehead atoms. The Morgan fingerprint density at radius 1 is 1.48 bits per heavy atom. The van der Waals surface area contributed by atoms with Crippen LogP contribution in [0.3, 0.4) is 0 Å². The van der Waals surface area contributed by atoms with E-state index in [2.05, 4.69) is 15.6 Å². The van der Waals surface area contributed by atoms with E-state index in [4.69, 9.17) is 0 Å². The van der Waals surface area contributed by atoms with Gasteiger partial charge in [0.25, 0.3) is 5.91 Å². The van der Waals surface area contributed by atoms with Gasteiger partial charge in [-0.3, -0.25) is 4.79 Å². The molecule has 0 aromatic carbocycles. The zero-order valence-electron chi connectivity index (χ0n) is 12.2. The third kappa shape index (κ3) is 3.91. The monoisotopic (exact) mass is 295 g/mol. The largest absolute Gasteiger partial charge is 0.391 e. The first-order chi connectivity index (χ1) is 10.1. The minimum absolute atomic E-state index is 0.0404. The number of carbonyl (C=O) groups is 1. The first kappa shape index (κ1) is 15.7. The van der Waals surface area contributed by atoms with Crippen LogP contribution in [0.2, 0.25) is 0 Å². The lowest BCUT2D eigenvalue weighted by atomic mass is 9.92. The summed E-state index contributed by atoms with van der Waals surface area (Å²) in [6, 6.07) is 1.06. The highest BCUT2D eigenvalue weighted by Crippen LogP contribution is 2.20. The van der Waals surface area contributed by atoms with Crippen molar-refractivity contribution in [2.24, 2.45) is 0 Å². The minimum atomic E-state index is -0.645. The van der Waals surface area contributed by atoms with E-state index in [1.54, 1.807) is 0 Å². The van der Waals surface area contributed by atoms with Gasteiger partial charge in [0.05, 0.1) is 17.7 Å². The Bertz CT molecular complexity index is 496. The molecular weight excluding hydrogens is 273 g/mol. The SMILES string of the molecule is CCCNc1nccc(C(=O)NC2CCCCC2O)c1F. The molecule has 1 amide bonds. The zero-order valence-corrected chi connectivity index (χ0v) is 12.2. The Morgan fingerprint density at radius 3 is 2.95 bits per heavy atom. The van der Waals surface area contributed by atoms with Crippen molar-refractivity contribution in [2.75, 3.05) is 11.9 Å². The fourth-order valence-corrected chi connectivity index (χ4v) is 2.51. The molecule has 0 radical (unpaired) electrons. The summed E-state index contributed by atoms with van der Waals surface area (Å²) in [5.41, 5.74) is -0.0404. The van der Waals surface area contributed by atoms with Gasteiger partial charge in [-0.05, 0) is 25.3 Å². The van der Waals surface area contributed by atoms with Crippen LogP contribution in [0.25, 0.3) is 0 Å². The number of hydrogen-bond donors (Lipinski definition) is 3. The van der Waals surface area contributed by atoms with Crippen LogP contribution in [0.5, 0.6) is 0 Å². The van der Waals surface area contributed by atoms with Crippen molar-refractivity contribution < 1.29 is 14.3 Å². The molecule has 5 nitrogen and oxygen atoms in total. The van der Waals surface area contributed by atoms with E-state index in [0.29, 0.717) is 13.0 Å². The van der Waals surface area contributed by atoms with Gasteiger partial charge in [0.2, 0.25) is 0 Å². The van der Waals surface area contributed by atoms with Crippen LogP contribution < -0.4 is 10.6 Å². The number of halogens is 1. The Morgan fingerprint density at radius 2 is 2.24 bits per heavy atom. The molecule has 1 aromatic heterocycles. The second kappa shape index (κ2) is 7.36. The maximum Gasteiger partial charge on any atom is 0.254 e. The van der Waals surface area contributed by atoms with Gasteiger partial charge in [0, 0.05) is 12.7 Å². The molecule has 1 aliphatic rings. The summed E-state index contributed by atoms with van der Waals surface area (Å²) in [5.74, 6) is -1.05. The number of hydrogen-bond acceptors (Lipinski definition) is 4. The van der Waals surface area contributed by atoms with Crippen LogP contribution in [-0.2, 0) is 0 Å². The number of anilines is 1. The number of amides is 1. The Balaban J connectivity index is 2.08. The second-order valence-corrected chi connectivity index (χ2v) is 5.38. The lowest BCUT2D eigenvalue weighted by Crippen LogP contribution is -2.45. The number of nitrogens with one attached hydrogen (secondary N) is 2. The number of rotatable bonds is 5. The van der Waals surface area contributed by atoms with Crippen molar-refractivity contribution in [3.05, 3.63) is 23.6 Å². The Labute approximate surface area is 124 Å². The summed E-state index contributed by atoms with van der Waals surface area (Å²) in [4.78, 5) is 16.1. The maximum absolute atomic E-state index is 14.2. The first-order valence-corrected chi connectivity index (χ1v) is 7.50. The van der Waals surface area contributed by atoms with Crippen LogP contribution in [0.4, 0.5) is 10.2 Å². The number of aromatic nitrogens is 1.